The van der Waals surface area contributed by atoms with Gasteiger partial charge in [-0.15, -0.1) is 0 Å². The Balaban J connectivity index is 1.27. The standard InChI is InChI=1S/C22H22ClN3O6S/c23-15-2-1-3-16(12-15)26-21(27)14-18(22(26)28)24-6-8-25(9-7-24)33(29,30)17-4-5-19-20(13-17)32-11-10-31-19/h1-5,12-13,18H,6-11,14H2/p+1/t18-/m0/s1. The van der Waals surface area contributed by atoms with Crippen molar-refractivity contribution in [3.63, 3.8) is 0 Å². The number of fused-ring (bicyclic) bond motifs is 1. The zero-order valence-electron chi connectivity index (χ0n) is 17.7. The maximum atomic E-state index is 13.2. The second-order valence-corrected chi connectivity index (χ2v) is 10.5. The number of rotatable bonds is 4. The molecule has 5 rings (SSSR count). The molecule has 174 valence electrons. The smallest absolute Gasteiger partial charge is 0.292 e. The first-order valence-electron chi connectivity index (χ1n) is 10.7. The van der Waals surface area contributed by atoms with E-state index in [-0.39, 0.29) is 36.2 Å². The molecule has 2 amide bonds. The van der Waals surface area contributed by atoms with E-state index in [2.05, 4.69) is 0 Å². The minimum absolute atomic E-state index is 0.0928. The Labute approximate surface area is 196 Å². The minimum Gasteiger partial charge on any atom is -0.486 e. The molecule has 1 N–H and O–H groups in total. The average molecular weight is 493 g/mol. The lowest BCUT2D eigenvalue weighted by atomic mass is 10.2. The Bertz CT molecular complexity index is 1210. The van der Waals surface area contributed by atoms with Crippen molar-refractivity contribution in [2.75, 3.05) is 44.3 Å². The normalized spacial score (nSPS) is 22.1. The molecule has 0 aliphatic carbocycles. The number of hydrogen-bond acceptors (Lipinski definition) is 6. The fourth-order valence-electron chi connectivity index (χ4n) is 4.53. The molecule has 3 aliphatic heterocycles. The van der Waals surface area contributed by atoms with Crippen molar-refractivity contribution in [1.82, 2.24) is 4.31 Å². The van der Waals surface area contributed by atoms with Crippen molar-refractivity contribution in [2.24, 2.45) is 0 Å². The van der Waals surface area contributed by atoms with Crippen LogP contribution in [0.4, 0.5) is 5.69 Å². The summed E-state index contributed by atoms with van der Waals surface area (Å²) in [5.74, 6) is 0.400. The molecule has 3 heterocycles. The number of benzene rings is 2. The second kappa shape index (κ2) is 8.60. The third-order valence-electron chi connectivity index (χ3n) is 6.22. The summed E-state index contributed by atoms with van der Waals surface area (Å²) in [6.45, 7) is 2.16. The van der Waals surface area contributed by atoms with Crippen LogP contribution in [-0.4, -0.2) is 70.0 Å². The van der Waals surface area contributed by atoms with E-state index in [4.69, 9.17) is 21.1 Å². The topological polar surface area (TPSA) is 97.7 Å². The van der Waals surface area contributed by atoms with E-state index < -0.39 is 16.1 Å². The number of carbonyl (C=O) groups excluding carboxylic acids is 2. The molecule has 9 nitrogen and oxygen atoms in total. The molecule has 2 aromatic rings. The summed E-state index contributed by atoms with van der Waals surface area (Å²) in [7, 11) is -3.72. The van der Waals surface area contributed by atoms with E-state index in [9.17, 15) is 18.0 Å². The lowest BCUT2D eigenvalue weighted by Crippen LogP contribution is -3.19. The molecule has 0 spiro atoms. The first-order valence-corrected chi connectivity index (χ1v) is 12.5. The van der Waals surface area contributed by atoms with Crippen LogP contribution in [0.1, 0.15) is 6.42 Å². The number of imide groups is 1. The van der Waals surface area contributed by atoms with Crippen LogP contribution < -0.4 is 19.3 Å². The van der Waals surface area contributed by atoms with Crippen LogP contribution in [0.15, 0.2) is 47.4 Å². The molecule has 0 saturated carbocycles. The summed E-state index contributed by atoms with van der Waals surface area (Å²) in [6.07, 6.45) is 0.0928. The van der Waals surface area contributed by atoms with Crippen LogP contribution in [-0.2, 0) is 19.6 Å². The summed E-state index contributed by atoms with van der Waals surface area (Å²) < 4.78 is 38.7. The van der Waals surface area contributed by atoms with Crippen molar-refractivity contribution in [3.05, 3.63) is 47.5 Å². The monoisotopic (exact) mass is 492 g/mol. The number of nitrogens with one attached hydrogen (secondary N) is 1. The molecule has 0 unspecified atom stereocenters. The van der Waals surface area contributed by atoms with Gasteiger partial charge in [-0.2, -0.15) is 4.31 Å². The van der Waals surface area contributed by atoms with Gasteiger partial charge in [-0.25, -0.2) is 13.3 Å². The number of sulfonamides is 1. The maximum absolute atomic E-state index is 13.2. The van der Waals surface area contributed by atoms with Gasteiger partial charge in [0.25, 0.3) is 5.91 Å². The van der Waals surface area contributed by atoms with Gasteiger partial charge >= 0.3 is 0 Å². The average Bonchev–Trinajstić information content (AvgIpc) is 3.12. The lowest BCUT2D eigenvalue weighted by molar-refractivity contribution is -0.918. The number of nitrogens with zero attached hydrogens (tertiary/aromatic N) is 2. The predicted octanol–water partition coefficient (Wildman–Crippen LogP) is 0.333. The highest BCUT2D eigenvalue weighted by atomic mass is 35.5. The number of anilines is 1. The summed E-state index contributed by atoms with van der Waals surface area (Å²) in [5, 5.41) is 0.446. The van der Waals surface area contributed by atoms with Crippen LogP contribution in [0.25, 0.3) is 0 Å². The van der Waals surface area contributed by atoms with E-state index in [0.29, 0.717) is 48.5 Å². The third-order valence-corrected chi connectivity index (χ3v) is 8.35. The number of halogens is 1. The molecule has 3 aliphatic rings. The van der Waals surface area contributed by atoms with Crippen molar-refractivity contribution in [1.29, 1.82) is 0 Å². The van der Waals surface area contributed by atoms with Crippen LogP contribution in [0, 0.1) is 0 Å². The largest absolute Gasteiger partial charge is 0.486 e. The lowest BCUT2D eigenvalue weighted by Gasteiger charge is -2.33. The summed E-state index contributed by atoms with van der Waals surface area (Å²) in [4.78, 5) is 27.9. The Kier molecular flexibility index (Phi) is 5.77. The quantitative estimate of drug-likeness (QED) is 0.618. The first kappa shape index (κ1) is 22.1. The fraction of sp³-hybridized carbons (Fsp3) is 0.364. The molecule has 2 fully saturated rings. The Morgan fingerprint density at radius 3 is 2.42 bits per heavy atom. The molecule has 0 radical (unpaired) electrons. The van der Waals surface area contributed by atoms with Crippen molar-refractivity contribution < 1.29 is 32.4 Å². The van der Waals surface area contributed by atoms with Crippen molar-refractivity contribution >= 4 is 39.1 Å². The van der Waals surface area contributed by atoms with Gasteiger partial charge in [0.2, 0.25) is 15.9 Å². The molecule has 0 bridgehead atoms. The van der Waals surface area contributed by atoms with E-state index in [1.165, 1.54) is 21.3 Å². The van der Waals surface area contributed by atoms with Gasteiger partial charge in [0, 0.05) is 11.1 Å². The molecular formula is C22H23ClN3O6S+. The zero-order valence-corrected chi connectivity index (χ0v) is 19.3. The Morgan fingerprint density at radius 2 is 1.70 bits per heavy atom. The third kappa shape index (κ3) is 4.08. The predicted molar refractivity (Wildman–Crippen MR) is 119 cm³/mol. The summed E-state index contributed by atoms with van der Waals surface area (Å²) in [6, 6.07) is 10.7. The highest BCUT2D eigenvalue weighted by Crippen LogP contribution is 2.33. The highest BCUT2D eigenvalue weighted by Gasteiger charge is 2.47. The minimum atomic E-state index is -3.72. The Morgan fingerprint density at radius 1 is 0.970 bits per heavy atom. The molecule has 2 saturated heterocycles. The summed E-state index contributed by atoms with van der Waals surface area (Å²) in [5.41, 5.74) is 0.458. The Hall–Kier alpha value is -2.66. The van der Waals surface area contributed by atoms with Crippen LogP contribution in [0.2, 0.25) is 5.02 Å². The van der Waals surface area contributed by atoms with Gasteiger partial charge in [-0.3, -0.25) is 9.59 Å². The number of piperazine rings is 1. The molecule has 33 heavy (non-hydrogen) atoms. The van der Waals surface area contributed by atoms with Gasteiger partial charge in [0.05, 0.1) is 43.2 Å². The van der Waals surface area contributed by atoms with Gasteiger partial charge in [-0.1, -0.05) is 17.7 Å². The van der Waals surface area contributed by atoms with Crippen LogP contribution in [0.5, 0.6) is 11.5 Å². The number of ether oxygens (including phenoxy) is 2. The van der Waals surface area contributed by atoms with Crippen LogP contribution in [0.3, 0.4) is 0 Å². The van der Waals surface area contributed by atoms with E-state index >= 15 is 0 Å². The maximum Gasteiger partial charge on any atom is 0.292 e. The van der Waals surface area contributed by atoms with Gasteiger partial charge in [0.1, 0.15) is 13.2 Å². The molecule has 11 heteroatoms. The second-order valence-electron chi connectivity index (χ2n) is 8.17. The van der Waals surface area contributed by atoms with Gasteiger partial charge in [0.15, 0.2) is 17.5 Å². The summed E-state index contributed by atoms with van der Waals surface area (Å²) >= 11 is 6.02. The van der Waals surface area contributed by atoms with Crippen molar-refractivity contribution in [3.8, 4) is 11.5 Å². The zero-order chi connectivity index (χ0) is 23.2. The van der Waals surface area contributed by atoms with Crippen molar-refractivity contribution in [2.45, 2.75) is 17.4 Å². The molecule has 1 atom stereocenters. The van der Waals surface area contributed by atoms with Gasteiger partial charge in [-0.05, 0) is 30.3 Å². The first-order chi connectivity index (χ1) is 15.8. The van der Waals surface area contributed by atoms with Crippen LogP contribution >= 0.6 is 11.6 Å². The highest BCUT2D eigenvalue weighted by molar-refractivity contribution is 7.89. The number of quaternary nitrogens is 1. The van der Waals surface area contributed by atoms with Gasteiger partial charge < -0.3 is 14.4 Å². The number of amides is 2. The number of carbonyl (C=O) groups is 2. The van der Waals surface area contributed by atoms with E-state index in [1.807, 2.05) is 0 Å². The van der Waals surface area contributed by atoms with E-state index in [0.717, 1.165) is 4.90 Å². The SMILES string of the molecule is O=C1C[C@H]([NH+]2CCN(S(=O)(=O)c3ccc4c(c3)OCCO4)CC2)C(=O)N1c1cccc(Cl)c1. The molecule has 2 aromatic carbocycles. The number of hydrogen-bond donors (Lipinski definition) is 1. The molecule has 0 aromatic heterocycles. The van der Waals surface area contributed by atoms with E-state index in [1.54, 1.807) is 30.3 Å². The molecular weight excluding hydrogens is 470 g/mol. The fourth-order valence-corrected chi connectivity index (χ4v) is 6.17.